The van der Waals surface area contributed by atoms with E-state index in [9.17, 15) is 19.7 Å². The van der Waals surface area contributed by atoms with Crippen LogP contribution in [0.1, 0.15) is 63.9 Å². The van der Waals surface area contributed by atoms with Gasteiger partial charge in [0.25, 0.3) is 5.69 Å². The second kappa shape index (κ2) is 6.37. The topological polar surface area (TPSA) is 89.3 Å². The molecule has 2 aliphatic carbocycles. The fraction of sp³-hybridized carbons (Fsp3) is 0.300. The first-order valence-corrected chi connectivity index (χ1v) is 8.83. The van der Waals surface area contributed by atoms with E-state index in [4.69, 9.17) is 0 Å². The van der Waals surface area contributed by atoms with Crippen LogP contribution in [0.2, 0.25) is 0 Å². The number of carbonyl (C=O) groups excluding carboxylic acids is 2. The van der Waals surface area contributed by atoms with Crippen LogP contribution in [0, 0.1) is 10.1 Å². The van der Waals surface area contributed by atoms with Gasteiger partial charge in [-0.1, -0.05) is 31.4 Å². The molecule has 0 spiro atoms. The third-order valence-electron chi connectivity index (χ3n) is 5.20. The molecule has 0 atom stereocenters. The third kappa shape index (κ3) is 2.67. The summed E-state index contributed by atoms with van der Waals surface area (Å²) < 4.78 is 0. The van der Waals surface area contributed by atoms with E-state index in [1.54, 1.807) is 12.1 Å². The van der Waals surface area contributed by atoms with Crippen molar-refractivity contribution in [2.24, 2.45) is 0 Å². The van der Waals surface area contributed by atoms with Crippen molar-refractivity contribution in [2.75, 3.05) is 5.32 Å². The van der Waals surface area contributed by atoms with E-state index in [1.807, 2.05) is 6.07 Å². The van der Waals surface area contributed by atoms with Gasteiger partial charge in [-0.15, -0.1) is 0 Å². The van der Waals surface area contributed by atoms with Crippen LogP contribution in [0.5, 0.6) is 0 Å². The molecule has 1 fully saturated rings. The summed E-state index contributed by atoms with van der Waals surface area (Å²) in [7, 11) is 0. The lowest BCUT2D eigenvalue weighted by Crippen LogP contribution is -2.27. The zero-order chi connectivity index (χ0) is 18.3. The number of nitro groups is 1. The molecule has 0 aromatic heterocycles. The molecule has 2 aliphatic rings. The van der Waals surface area contributed by atoms with Crippen LogP contribution in [0.4, 0.5) is 11.4 Å². The molecule has 2 aromatic rings. The van der Waals surface area contributed by atoms with Crippen molar-refractivity contribution in [3.63, 3.8) is 0 Å². The molecule has 1 saturated carbocycles. The second-order valence-electron chi connectivity index (χ2n) is 6.85. The van der Waals surface area contributed by atoms with E-state index in [1.165, 1.54) is 24.6 Å². The van der Waals surface area contributed by atoms with E-state index < -0.39 is 4.92 Å². The largest absolute Gasteiger partial charge is 0.382 e. The van der Waals surface area contributed by atoms with E-state index >= 15 is 0 Å². The zero-order valence-corrected chi connectivity index (χ0v) is 14.2. The lowest BCUT2D eigenvalue weighted by Gasteiger charge is -2.27. The molecule has 0 amide bonds. The molecular formula is C20H18N2O4. The molecule has 26 heavy (non-hydrogen) atoms. The number of benzene rings is 2. The first kappa shape index (κ1) is 16.4. The minimum atomic E-state index is -0.561. The Morgan fingerprint density at radius 1 is 0.923 bits per heavy atom. The summed E-state index contributed by atoms with van der Waals surface area (Å²) in [5, 5.41) is 14.4. The maximum atomic E-state index is 13.0. The smallest absolute Gasteiger partial charge is 0.270 e. The summed E-state index contributed by atoms with van der Waals surface area (Å²) in [5.41, 5.74) is 1.51. The molecular weight excluding hydrogens is 332 g/mol. The summed E-state index contributed by atoms with van der Waals surface area (Å²) in [4.78, 5) is 36.3. The summed E-state index contributed by atoms with van der Waals surface area (Å²) >= 11 is 0. The second-order valence-corrected chi connectivity index (χ2v) is 6.85. The van der Waals surface area contributed by atoms with Crippen molar-refractivity contribution in [1.82, 2.24) is 0 Å². The SMILES string of the molecule is O=C1c2cc([N+](=O)[O-])ccc2C(=O)c2c(NC3CCCCC3)cccc21. The van der Waals surface area contributed by atoms with Crippen LogP contribution in [0.15, 0.2) is 36.4 Å². The zero-order valence-electron chi connectivity index (χ0n) is 14.2. The Morgan fingerprint density at radius 3 is 2.42 bits per heavy atom. The van der Waals surface area contributed by atoms with Gasteiger partial charge in [0.15, 0.2) is 11.6 Å². The monoisotopic (exact) mass is 350 g/mol. The van der Waals surface area contributed by atoms with Crippen LogP contribution in [-0.2, 0) is 0 Å². The van der Waals surface area contributed by atoms with E-state index in [0.717, 1.165) is 25.7 Å². The number of rotatable bonds is 3. The van der Waals surface area contributed by atoms with Crippen molar-refractivity contribution in [3.05, 3.63) is 68.8 Å². The summed E-state index contributed by atoms with van der Waals surface area (Å²) in [5.74, 6) is -0.603. The number of fused-ring (bicyclic) bond motifs is 2. The first-order chi connectivity index (χ1) is 12.6. The lowest BCUT2D eigenvalue weighted by molar-refractivity contribution is -0.384. The van der Waals surface area contributed by atoms with Gasteiger partial charge >= 0.3 is 0 Å². The van der Waals surface area contributed by atoms with Crippen LogP contribution < -0.4 is 5.32 Å². The van der Waals surface area contributed by atoms with Crippen molar-refractivity contribution in [2.45, 2.75) is 38.1 Å². The van der Waals surface area contributed by atoms with Gasteiger partial charge in [-0.25, -0.2) is 0 Å². The number of hydrogen-bond acceptors (Lipinski definition) is 5. The van der Waals surface area contributed by atoms with Crippen LogP contribution in [0.25, 0.3) is 0 Å². The van der Waals surface area contributed by atoms with Crippen molar-refractivity contribution < 1.29 is 14.5 Å². The fourth-order valence-electron chi connectivity index (χ4n) is 3.88. The first-order valence-electron chi connectivity index (χ1n) is 8.83. The minimum absolute atomic E-state index is 0.103. The Morgan fingerprint density at radius 2 is 1.69 bits per heavy atom. The van der Waals surface area contributed by atoms with Gasteiger partial charge in [0, 0.05) is 40.6 Å². The molecule has 4 rings (SSSR count). The van der Waals surface area contributed by atoms with Crippen LogP contribution >= 0.6 is 0 Å². The number of nitrogens with one attached hydrogen (secondary N) is 1. The van der Waals surface area contributed by atoms with Crippen LogP contribution in [-0.4, -0.2) is 22.5 Å². The molecule has 0 radical (unpaired) electrons. The number of ketones is 2. The van der Waals surface area contributed by atoms with Gasteiger partial charge in [0.05, 0.1) is 10.5 Å². The van der Waals surface area contributed by atoms with Crippen molar-refractivity contribution in [3.8, 4) is 0 Å². The Labute approximate surface area is 150 Å². The van der Waals surface area contributed by atoms with Gasteiger partial charge in [-0.2, -0.15) is 0 Å². The average Bonchev–Trinajstić information content (AvgIpc) is 2.66. The summed E-state index contributed by atoms with van der Waals surface area (Å²) in [6.45, 7) is 0. The minimum Gasteiger partial charge on any atom is -0.382 e. The molecule has 0 unspecified atom stereocenters. The molecule has 6 nitrogen and oxygen atoms in total. The number of carbonyl (C=O) groups is 2. The number of hydrogen-bond donors (Lipinski definition) is 1. The van der Waals surface area contributed by atoms with Gasteiger partial charge in [0.1, 0.15) is 0 Å². The van der Waals surface area contributed by atoms with E-state index in [2.05, 4.69) is 5.32 Å². The Bertz CT molecular complexity index is 929. The van der Waals surface area contributed by atoms with Crippen molar-refractivity contribution >= 4 is 22.9 Å². The Hall–Kier alpha value is -3.02. The lowest BCUT2D eigenvalue weighted by atomic mass is 9.82. The van der Waals surface area contributed by atoms with Gasteiger partial charge < -0.3 is 5.32 Å². The van der Waals surface area contributed by atoms with Crippen LogP contribution in [0.3, 0.4) is 0 Å². The molecule has 6 heteroatoms. The molecule has 0 bridgehead atoms. The van der Waals surface area contributed by atoms with E-state index in [0.29, 0.717) is 22.9 Å². The predicted octanol–water partition coefficient (Wildman–Crippen LogP) is 4.11. The molecule has 0 heterocycles. The number of non-ortho nitro benzene ring substituents is 1. The number of nitro benzene ring substituents is 1. The highest BCUT2D eigenvalue weighted by molar-refractivity contribution is 6.30. The Balaban J connectivity index is 1.77. The highest BCUT2D eigenvalue weighted by Gasteiger charge is 2.33. The van der Waals surface area contributed by atoms with Gasteiger partial charge in [-0.3, -0.25) is 19.7 Å². The predicted molar refractivity (Wildman–Crippen MR) is 96.9 cm³/mol. The highest BCUT2D eigenvalue weighted by atomic mass is 16.6. The Kier molecular flexibility index (Phi) is 4.03. The summed E-state index contributed by atoms with van der Waals surface area (Å²) in [6.07, 6.45) is 5.65. The molecule has 2 aromatic carbocycles. The molecule has 0 saturated heterocycles. The van der Waals surface area contributed by atoms with E-state index in [-0.39, 0.29) is 28.4 Å². The van der Waals surface area contributed by atoms with Gasteiger partial charge in [-0.05, 0) is 25.0 Å². The maximum absolute atomic E-state index is 13.0. The van der Waals surface area contributed by atoms with Crippen molar-refractivity contribution in [1.29, 1.82) is 0 Å². The quantitative estimate of drug-likeness (QED) is 0.567. The fourth-order valence-corrected chi connectivity index (χ4v) is 3.88. The highest BCUT2D eigenvalue weighted by Crippen LogP contribution is 2.34. The number of nitrogens with zero attached hydrogens (tertiary/aromatic N) is 1. The average molecular weight is 350 g/mol. The van der Waals surface area contributed by atoms with Gasteiger partial charge in [0.2, 0.25) is 0 Å². The number of anilines is 1. The molecule has 1 N–H and O–H groups in total. The normalized spacial score (nSPS) is 16.8. The maximum Gasteiger partial charge on any atom is 0.270 e. The standard InChI is InChI=1S/C20H18N2O4/c23-19-15-7-4-8-17(21-12-5-2-1-3-6-12)18(15)20(24)14-10-9-13(22(25)26)11-16(14)19/h4,7-12,21H,1-3,5-6H2. The summed E-state index contributed by atoms with van der Waals surface area (Å²) in [6, 6.07) is 9.34. The third-order valence-corrected chi connectivity index (χ3v) is 5.20. The molecule has 132 valence electrons. The molecule has 0 aliphatic heterocycles.